The van der Waals surface area contributed by atoms with E-state index in [0.29, 0.717) is 66.9 Å². The minimum atomic E-state index is -1.52. The van der Waals surface area contributed by atoms with Gasteiger partial charge in [-0.05, 0) is 99.6 Å². The molecule has 0 bridgehead atoms. The van der Waals surface area contributed by atoms with Crippen molar-refractivity contribution in [2.75, 3.05) is 0 Å². The molecule has 10 N–H and O–H groups in total. The second-order valence-electron chi connectivity index (χ2n) is 16.6. The Morgan fingerprint density at radius 3 is 1.16 bits per heavy atom. The fourth-order valence-corrected chi connectivity index (χ4v) is 11.0. The average molecular weight is 831 g/mol. The molecule has 2 aliphatic carbocycles. The molecule has 0 saturated carbocycles. The lowest BCUT2D eigenvalue weighted by molar-refractivity contribution is -0.00988. The molecule has 0 aromatic heterocycles. The SMILES string of the molecule is Oc1ccc(C2Oc3cc(O)cc4c3C2c2cc(O)cc(O)c2C(c2ccc(O)cc2)C4C2c3cc(O)cc4c3C(c3cc(O)cc(O)c3C2c2ccc(O)cc2)C(O)O4)cc1. The van der Waals surface area contributed by atoms with Crippen LogP contribution in [0.25, 0.3) is 0 Å². The Labute approximate surface area is 353 Å². The summed E-state index contributed by atoms with van der Waals surface area (Å²) in [6.45, 7) is 0. The van der Waals surface area contributed by atoms with Gasteiger partial charge in [0, 0.05) is 70.2 Å². The van der Waals surface area contributed by atoms with Crippen LogP contribution < -0.4 is 9.47 Å². The second-order valence-corrected chi connectivity index (χ2v) is 16.6. The fourth-order valence-electron chi connectivity index (χ4n) is 11.0. The third-order valence-electron chi connectivity index (χ3n) is 13.2. The summed E-state index contributed by atoms with van der Waals surface area (Å²) >= 11 is 0. The molecule has 0 radical (unpaired) electrons. The summed E-state index contributed by atoms with van der Waals surface area (Å²) in [6, 6.07) is 31.1. The maximum absolute atomic E-state index is 12.4. The smallest absolute Gasteiger partial charge is 0.208 e. The number of phenolic OH excluding ortho intramolecular Hbond substituents is 9. The largest absolute Gasteiger partial charge is 0.508 e. The first-order valence-electron chi connectivity index (χ1n) is 20.1. The van der Waals surface area contributed by atoms with E-state index in [0.717, 1.165) is 0 Å². The van der Waals surface area contributed by atoms with Gasteiger partial charge in [-0.15, -0.1) is 0 Å². The number of rotatable bonds is 4. The molecule has 8 atom stereocenters. The van der Waals surface area contributed by atoms with Crippen molar-refractivity contribution in [2.45, 2.75) is 47.9 Å². The van der Waals surface area contributed by atoms with Crippen LogP contribution in [0.1, 0.15) is 103 Å². The monoisotopic (exact) mass is 830 g/mol. The molecule has 4 aliphatic rings. The Balaban J connectivity index is 1.33. The number of aliphatic hydroxyl groups is 1. The Bertz CT molecular complexity index is 2960. The molecule has 0 saturated heterocycles. The quantitative estimate of drug-likeness (QED) is 0.0810. The number of aliphatic hydroxyl groups excluding tert-OH is 1. The zero-order chi connectivity index (χ0) is 42.9. The van der Waals surface area contributed by atoms with Crippen molar-refractivity contribution in [3.05, 3.63) is 183 Å². The van der Waals surface area contributed by atoms with Crippen molar-refractivity contribution in [3.63, 3.8) is 0 Å². The molecule has 0 amide bonds. The molecule has 2 aliphatic heterocycles. The van der Waals surface area contributed by atoms with Crippen LogP contribution in [0.15, 0.2) is 121 Å². The van der Waals surface area contributed by atoms with Gasteiger partial charge in [-0.2, -0.15) is 0 Å². The van der Waals surface area contributed by atoms with Crippen molar-refractivity contribution in [1.29, 1.82) is 0 Å². The molecule has 12 nitrogen and oxygen atoms in total. The van der Waals surface area contributed by atoms with Crippen LogP contribution >= 0.6 is 0 Å². The molecule has 8 unspecified atom stereocenters. The number of phenols is 9. The van der Waals surface area contributed by atoms with Crippen molar-refractivity contribution < 1.29 is 60.5 Å². The first-order chi connectivity index (χ1) is 29.8. The lowest BCUT2D eigenvalue weighted by Gasteiger charge is -2.40. The van der Waals surface area contributed by atoms with E-state index in [1.165, 1.54) is 66.7 Å². The standard InChI is InChI=1S/C50H38O12/c51-24-7-1-21(2-8-24)39-41-31(13-27(54)17-35(41)58)47-43-33(15-29(56)19-37(43)61-49(47)23-5-11-26(53)12-6-23)45(39)46-34-16-30(57)20-38-44(34)48(50(60)62-38)32-14-28(55)18-36(59)42(32)40(46)22-3-9-25(52)10-4-22/h1-20,39-40,45-60H. The van der Waals surface area contributed by atoms with Gasteiger partial charge in [-0.1, -0.05) is 36.4 Å². The second kappa shape index (κ2) is 13.4. The van der Waals surface area contributed by atoms with E-state index in [9.17, 15) is 51.1 Å². The highest BCUT2D eigenvalue weighted by Crippen LogP contribution is 2.68. The molecule has 7 aromatic carbocycles. The number of ether oxygens (including phenoxy) is 2. The van der Waals surface area contributed by atoms with Crippen LogP contribution in [0.4, 0.5) is 0 Å². The molecule has 0 fully saturated rings. The minimum absolute atomic E-state index is 0.0240. The summed E-state index contributed by atoms with van der Waals surface area (Å²) in [6.07, 6.45) is -2.33. The first-order valence-corrected chi connectivity index (χ1v) is 20.1. The van der Waals surface area contributed by atoms with E-state index in [1.54, 1.807) is 54.6 Å². The molecule has 11 rings (SSSR count). The molecular weight excluding hydrogens is 793 g/mol. The van der Waals surface area contributed by atoms with Crippen LogP contribution in [0.2, 0.25) is 0 Å². The van der Waals surface area contributed by atoms with Crippen molar-refractivity contribution in [1.82, 2.24) is 0 Å². The van der Waals surface area contributed by atoms with Crippen LogP contribution in [0, 0.1) is 0 Å². The zero-order valence-electron chi connectivity index (χ0n) is 32.5. The van der Waals surface area contributed by atoms with Crippen LogP contribution in [-0.2, 0) is 0 Å². The molecule has 62 heavy (non-hydrogen) atoms. The molecule has 2 heterocycles. The number of hydrogen-bond acceptors (Lipinski definition) is 12. The fraction of sp³-hybridized carbons (Fsp3) is 0.160. The van der Waals surface area contributed by atoms with E-state index >= 15 is 0 Å². The van der Waals surface area contributed by atoms with Gasteiger partial charge in [0.15, 0.2) is 0 Å². The third kappa shape index (κ3) is 5.49. The summed E-state index contributed by atoms with van der Waals surface area (Å²) in [5.41, 5.74) is 5.48. The molecule has 12 heteroatoms. The van der Waals surface area contributed by atoms with E-state index in [2.05, 4.69) is 0 Å². The van der Waals surface area contributed by atoms with Gasteiger partial charge < -0.3 is 60.5 Å². The molecule has 0 spiro atoms. The highest BCUT2D eigenvalue weighted by Gasteiger charge is 2.54. The van der Waals surface area contributed by atoms with Gasteiger partial charge in [0.1, 0.15) is 69.3 Å². The highest BCUT2D eigenvalue weighted by atomic mass is 16.6. The Morgan fingerprint density at radius 1 is 0.323 bits per heavy atom. The third-order valence-corrected chi connectivity index (χ3v) is 13.2. The van der Waals surface area contributed by atoms with E-state index < -0.39 is 47.9 Å². The number of fused-ring (bicyclic) bond motifs is 4. The lowest BCUT2D eigenvalue weighted by Crippen LogP contribution is -2.26. The van der Waals surface area contributed by atoms with Crippen molar-refractivity contribution in [3.8, 4) is 63.2 Å². The van der Waals surface area contributed by atoms with Crippen LogP contribution in [-0.4, -0.2) is 57.4 Å². The normalized spacial score (nSPS) is 23.8. The zero-order valence-corrected chi connectivity index (χ0v) is 32.5. The molecule has 310 valence electrons. The average Bonchev–Trinajstić information content (AvgIpc) is 3.69. The molecular formula is C50H38O12. The van der Waals surface area contributed by atoms with E-state index in [4.69, 9.17) is 9.47 Å². The summed E-state index contributed by atoms with van der Waals surface area (Å²) in [4.78, 5) is 0. The number of hydrogen-bond donors (Lipinski definition) is 10. The Morgan fingerprint density at radius 2 is 0.694 bits per heavy atom. The summed E-state index contributed by atoms with van der Waals surface area (Å²) in [5, 5.41) is 114. The molecule has 7 aromatic rings. The maximum Gasteiger partial charge on any atom is 0.208 e. The van der Waals surface area contributed by atoms with Gasteiger partial charge in [0.05, 0.1) is 11.8 Å². The first kappa shape index (κ1) is 37.3. The summed E-state index contributed by atoms with van der Waals surface area (Å²) in [7, 11) is 0. The topological polar surface area (TPSA) is 221 Å². The minimum Gasteiger partial charge on any atom is -0.508 e. The van der Waals surface area contributed by atoms with Gasteiger partial charge >= 0.3 is 0 Å². The van der Waals surface area contributed by atoms with Gasteiger partial charge in [-0.3, -0.25) is 0 Å². The highest BCUT2D eigenvalue weighted by molar-refractivity contribution is 5.70. The summed E-state index contributed by atoms with van der Waals surface area (Å²) < 4.78 is 12.8. The predicted octanol–water partition coefficient (Wildman–Crippen LogP) is 8.30. The Hall–Kier alpha value is -7.70. The maximum atomic E-state index is 12.4. The van der Waals surface area contributed by atoms with Crippen LogP contribution in [0.3, 0.4) is 0 Å². The van der Waals surface area contributed by atoms with E-state index in [-0.39, 0.29) is 57.5 Å². The predicted molar refractivity (Wildman–Crippen MR) is 223 cm³/mol. The van der Waals surface area contributed by atoms with E-state index in [1.807, 2.05) is 0 Å². The van der Waals surface area contributed by atoms with Crippen LogP contribution in [0.5, 0.6) is 63.2 Å². The lowest BCUT2D eigenvalue weighted by atomic mass is 9.62. The number of aromatic hydroxyl groups is 9. The van der Waals surface area contributed by atoms with Crippen molar-refractivity contribution in [2.24, 2.45) is 0 Å². The van der Waals surface area contributed by atoms with Gasteiger partial charge in [0.25, 0.3) is 0 Å². The summed E-state index contributed by atoms with van der Waals surface area (Å²) in [5.74, 6) is -6.39. The van der Waals surface area contributed by atoms with Gasteiger partial charge in [0.2, 0.25) is 6.29 Å². The van der Waals surface area contributed by atoms with Gasteiger partial charge in [-0.25, -0.2) is 0 Å². The van der Waals surface area contributed by atoms with Crippen molar-refractivity contribution >= 4 is 0 Å². The number of benzene rings is 7. The Kier molecular flexibility index (Phi) is 8.06.